The summed E-state index contributed by atoms with van der Waals surface area (Å²) >= 11 is 0. The number of amides is 2. The van der Waals surface area contributed by atoms with E-state index in [9.17, 15) is 9.59 Å². The Bertz CT molecular complexity index is 1060. The summed E-state index contributed by atoms with van der Waals surface area (Å²) in [6.07, 6.45) is 0.774. The summed E-state index contributed by atoms with van der Waals surface area (Å²) in [6.45, 7) is 4.34. The fourth-order valence-corrected chi connectivity index (χ4v) is 2.94. The molecule has 0 fully saturated rings. The van der Waals surface area contributed by atoms with Gasteiger partial charge in [0.1, 0.15) is 12.4 Å². The average molecular weight is 437 g/mol. The molecule has 0 radical (unpaired) electrons. The van der Waals surface area contributed by atoms with Gasteiger partial charge in [-0.05, 0) is 48.4 Å². The van der Waals surface area contributed by atoms with Gasteiger partial charge in [-0.3, -0.25) is 9.59 Å². The molecule has 0 saturated heterocycles. The van der Waals surface area contributed by atoms with Crippen LogP contribution in [-0.2, 0) is 17.9 Å². The minimum Gasteiger partial charge on any atom is -0.493 e. The molecule has 32 heavy (non-hydrogen) atoms. The average Bonchev–Trinajstić information content (AvgIpc) is 3.30. The highest BCUT2D eigenvalue weighted by Gasteiger charge is 2.13. The molecule has 3 aromatic rings. The third-order valence-electron chi connectivity index (χ3n) is 5.03. The zero-order valence-electron chi connectivity index (χ0n) is 18.5. The summed E-state index contributed by atoms with van der Waals surface area (Å²) in [7, 11) is 1.58. The van der Waals surface area contributed by atoms with E-state index in [1.807, 2.05) is 50.2 Å². The summed E-state index contributed by atoms with van der Waals surface area (Å²) in [4.78, 5) is 24.5. The third-order valence-corrected chi connectivity index (χ3v) is 5.03. The number of para-hydroxylation sites is 2. The van der Waals surface area contributed by atoms with Crippen LogP contribution in [0.2, 0.25) is 0 Å². The van der Waals surface area contributed by atoms with Crippen molar-refractivity contribution >= 4 is 17.5 Å². The van der Waals surface area contributed by atoms with E-state index < -0.39 is 0 Å². The van der Waals surface area contributed by atoms with Gasteiger partial charge in [0.25, 0.3) is 5.91 Å². The van der Waals surface area contributed by atoms with E-state index in [1.165, 1.54) is 0 Å². The lowest BCUT2D eigenvalue weighted by Gasteiger charge is -2.11. The van der Waals surface area contributed by atoms with Crippen molar-refractivity contribution in [3.05, 3.63) is 77.7 Å². The second kappa shape index (κ2) is 11.0. The zero-order chi connectivity index (χ0) is 22.9. The smallest absolute Gasteiger partial charge is 0.287 e. The van der Waals surface area contributed by atoms with Crippen molar-refractivity contribution in [2.75, 3.05) is 12.4 Å². The Morgan fingerprint density at radius 3 is 2.56 bits per heavy atom. The highest BCUT2D eigenvalue weighted by atomic mass is 16.5. The number of ether oxygens (including phenoxy) is 2. The fourth-order valence-electron chi connectivity index (χ4n) is 2.94. The molecule has 0 aliphatic carbocycles. The predicted molar refractivity (Wildman–Crippen MR) is 122 cm³/mol. The molecule has 0 spiro atoms. The van der Waals surface area contributed by atoms with Crippen LogP contribution in [0, 0.1) is 5.92 Å². The van der Waals surface area contributed by atoms with Gasteiger partial charge in [0.15, 0.2) is 17.3 Å². The molecule has 3 rings (SSSR count). The van der Waals surface area contributed by atoms with Gasteiger partial charge in [-0.1, -0.05) is 38.1 Å². The van der Waals surface area contributed by atoms with Crippen LogP contribution in [0.5, 0.6) is 11.5 Å². The second-order valence-corrected chi connectivity index (χ2v) is 7.39. The van der Waals surface area contributed by atoms with Crippen molar-refractivity contribution in [3.63, 3.8) is 0 Å². The number of hydrogen-bond donors (Lipinski definition) is 2. The van der Waals surface area contributed by atoms with Gasteiger partial charge >= 0.3 is 0 Å². The van der Waals surface area contributed by atoms with Crippen molar-refractivity contribution in [1.82, 2.24) is 5.32 Å². The van der Waals surface area contributed by atoms with Crippen LogP contribution in [-0.4, -0.2) is 18.9 Å². The molecule has 0 saturated carbocycles. The summed E-state index contributed by atoms with van der Waals surface area (Å²) in [5.41, 5.74) is 1.57. The highest BCUT2D eigenvalue weighted by molar-refractivity contribution is 5.92. The van der Waals surface area contributed by atoms with E-state index in [-0.39, 0.29) is 30.1 Å². The standard InChI is InChI=1S/C25H28N2O5/c1-4-17(2)24(28)27-19-9-7-8-18(14-19)15-26-25(29)23-13-12-20(32-23)16-31-22-11-6-5-10-21(22)30-3/h5-14,17H,4,15-16H2,1-3H3,(H,26,29)(H,27,28). The first-order valence-corrected chi connectivity index (χ1v) is 10.5. The Hall–Kier alpha value is -3.74. The molecule has 7 nitrogen and oxygen atoms in total. The fraction of sp³-hybridized carbons (Fsp3) is 0.280. The Labute approximate surface area is 187 Å². The maximum absolute atomic E-state index is 12.5. The van der Waals surface area contributed by atoms with Gasteiger partial charge in [-0.15, -0.1) is 0 Å². The lowest BCUT2D eigenvalue weighted by atomic mass is 10.1. The molecule has 0 aliphatic rings. The number of benzene rings is 2. The molecule has 2 amide bonds. The van der Waals surface area contributed by atoms with E-state index in [2.05, 4.69) is 10.6 Å². The summed E-state index contributed by atoms with van der Waals surface area (Å²) in [5.74, 6) is 1.53. The monoisotopic (exact) mass is 436 g/mol. The summed E-state index contributed by atoms with van der Waals surface area (Å²) < 4.78 is 16.6. The van der Waals surface area contributed by atoms with Gasteiger partial charge in [0.05, 0.1) is 7.11 Å². The van der Waals surface area contributed by atoms with Gasteiger partial charge in [0.2, 0.25) is 5.91 Å². The second-order valence-electron chi connectivity index (χ2n) is 7.39. The van der Waals surface area contributed by atoms with Crippen LogP contribution in [0.25, 0.3) is 0 Å². The van der Waals surface area contributed by atoms with Crippen molar-refractivity contribution < 1.29 is 23.5 Å². The molecule has 1 heterocycles. The Balaban J connectivity index is 1.53. The summed E-state index contributed by atoms with van der Waals surface area (Å²) in [6, 6.07) is 18.0. The van der Waals surface area contributed by atoms with Crippen molar-refractivity contribution in [2.45, 2.75) is 33.4 Å². The number of rotatable bonds is 10. The first kappa shape index (κ1) is 22.9. The minimum atomic E-state index is -0.331. The van der Waals surface area contributed by atoms with Gasteiger partial charge in [0, 0.05) is 18.2 Å². The van der Waals surface area contributed by atoms with E-state index in [1.54, 1.807) is 31.4 Å². The SMILES string of the molecule is CCC(C)C(=O)Nc1cccc(CNC(=O)c2ccc(COc3ccccc3OC)o2)c1. The zero-order valence-corrected chi connectivity index (χ0v) is 18.5. The molecule has 1 unspecified atom stereocenters. The Kier molecular flexibility index (Phi) is 7.91. The van der Waals surface area contributed by atoms with Gasteiger partial charge in [-0.25, -0.2) is 0 Å². The maximum atomic E-state index is 12.5. The largest absolute Gasteiger partial charge is 0.493 e. The van der Waals surface area contributed by atoms with Crippen LogP contribution < -0.4 is 20.1 Å². The van der Waals surface area contributed by atoms with Crippen LogP contribution in [0.3, 0.4) is 0 Å². The predicted octanol–water partition coefficient (Wildman–Crippen LogP) is 4.78. The van der Waals surface area contributed by atoms with Crippen molar-refractivity contribution in [1.29, 1.82) is 0 Å². The van der Waals surface area contributed by atoms with Crippen LogP contribution >= 0.6 is 0 Å². The number of nitrogens with one attached hydrogen (secondary N) is 2. The normalized spacial score (nSPS) is 11.5. The Morgan fingerprint density at radius 2 is 1.81 bits per heavy atom. The number of furan rings is 1. The number of hydrogen-bond acceptors (Lipinski definition) is 5. The number of carbonyl (C=O) groups excluding carboxylic acids is 2. The molecule has 168 valence electrons. The van der Waals surface area contributed by atoms with Gasteiger partial charge in [-0.2, -0.15) is 0 Å². The molecule has 0 bridgehead atoms. The summed E-state index contributed by atoms with van der Waals surface area (Å²) in [5, 5.41) is 5.73. The molecule has 2 N–H and O–H groups in total. The molecular weight excluding hydrogens is 408 g/mol. The molecule has 1 aromatic heterocycles. The van der Waals surface area contributed by atoms with E-state index >= 15 is 0 Å². The van der Waals surface area contributed by atoms with Crippen LogP contribution in [0.4, 0.5) is 5.69 Å². The quantitative estimate of drug-likeness (QED) is 0.477. The number of carbonyl (C=O) groups is 2. The maximum Gasteiger partial charge on any atom is 0.287 e. The molecular formula is C25H28N2O5. The molecule has 7 heteroatoms. The lowest BCUT2D eigenvalue weighted by Crippen LogP contribution is -2.22. The number of anilines is 1. The highest BCUT2D eigenvalue weighted by Crippen LogP contribution is 2.26. The first-order chi connectivity index (χ1) is 15.5. The van der Waals surface area contributed by atoms with Crippen molar-refractivity contribution in [2.24, 2.45) is 5.92 Å². The van der Waals surface area contributed by atoms with Crippen LogP contribution in [0.15, 0.2) is 65.1 Å². The third kappa shape index (κ3) is 6.14. The topological polar surface area (TPSA) is 89.8 Å². The minimum absolute atomic E-state index is 0.0212. The van der Waals surface area contributed by atoms with E-state index in [0.717, 1.165) is 12.0 Å². The number of methoxy groups -OCH3 is 1. The Morgan fingerprint density at radius 1 is 1.03 bits per heavy atom. The van der Waals surface area contributed by atoms with E-state index in [0.29, 0.717) is 29.5 Å². The van der Waals surface area contributed by atoms with Crippen molar-refractivity contribution in [3.8, 4) is 11.5 Å². The lowest BCUT2D eigenvalue weighted by molar-refractivity contribution is -0.119. The van der Waals surface area contributed by atoms with Crippen LogP contribution in [0.1, 0.15) is 42.1 Å². The first-order valence-electron chi connectivity index (χ1n) is 10.5. The van der Waals surface area contributed by atoms with E-state index in [4.69, 9.17) is 13.9 Å². The van der Waals surface area contributed by atoms with Gasteiger partial charge < -0.3 is 24.5 Å². The molecule has 2 aromatic carbocycles. The molecule has 1 atom stereocenters. The molecule has 0 aliphatic heterocycles.